The summed E-state index contributed by atoms with van der Waals surface area (Å²) in [6.07, 6.45) is 2.07. The second kappa shape index (κ2) is 3.94. The number of anilines is 1. The molecular weight excluding hydrogens is 226 g/mol. The van der Waals surface area contributed by atoms with E-state index in [-0.39, 0.29) is 5.79 Å². The lowest BCUT2D eigenvalue weighted by Gasteiger charge is -2.38. The summed E-state index contributed by atoms with van der Waals surface area (Å²) in [4.78, 5) is 6.63. The van der Waals surface area contributed by atoms with E-state index in [1.165, 1.54) is 11.5 Å². The molecule has 2 aliphatic rings. The number of nitrogens with zero attached hydrogens (tertiary/aromatic N) is 3. The van der Waals surface area contributed by atoms with Crippen LogP contribution in [-0.4, -0.2) is 41.4 Å². The molecule has 88 valence electrons. The molecule has 16 heavy (non-hydrogen) atoms. The highest BCUT2D eigenvalue weighted by Crippen LogP contribution is 2.32. The third-order valence-corrected chi connectivity index (χ3v) is 3.89. The lowest BCUT2D eigenvalue weighted by atomic mass is 10.1. The van der Waals surface area contributed by atoms with Gasteiger partial charge in [-0.1, -0.05) is 0 Å². The Labute approximate surface area is 98.5 Å². The first kappa shape index (κ1) is 10.4. The minimum absolute atomic E-state index is 0.377. The summed E-state index contributed by atoms with van der Waals surface area (Å²) in [5.41, 5.74) is 0. The lowest BCUT2D eigenvalue weighted by Crippen LogP contribution is -2.49. The Bertz CT molecular complexity index is 376. The van der Waals surface area contributed by atoms with Crippen LogP contribution in [0.1, 0.15) is 18.7 Å². The molecule has 0 aliphatic carbocycles. The van der Waals surface area contributed by atoms with Crippen molar-refractivity contribution in [2.45, 2.75) is 25.6 Å². The van der Waals surface area contributed by atoms with Crippen molar-refractivity contribution >= 4 is 16.7 Å². The molecular formula is C10H15N3O2S. The topological polar surface area (TPSA) is 47.5 Å². The monoisotopic (exact) mass is 241 g/mol. The Balaban J connectivity index is 1.77. The Kier molecular flexibility index (Phi) is 2.57. The number of hydrogen-bond acceptors (Lipinski definition) is 6. The van der Waals surface area contributed by atoms with E-state index in [0.29, 0.717) is 13.2 Å². The van der Waals surface area contributed by atoms with E-state index in [4.69, 9.17) is 9.47 Å². The third-order valence-electron chi connectivity index (χ3n) is 3.02. The molecule has 2 aliphatic heterocycles. The predicted molar refractivity (Wildman–Crippen MR) is 60.7 cm³/mol. The van der Waals surface area contributed by atoms with E-state index in [1.807, 2.05) is 6.92 Å². The highest BCUT2D eigenvalue weighted by atomic mass is 32.1. The van der Waals surface area contributed by atoms with Crippen molar-refractivity contribution in [2.24, 2.45) is 0 Å². The first-order valence-electron chi connectivity index (χ1n) is 5.61. The normalized spacial score (nSPS) is 24.2. The molecule has 0 amide bonds. The van der Waals surface area contributed by atoms with Crippen LogP contribution < -0.4 is 4.90 Å². The average molecular weight is 241 g/mol. The molecule has 0 bridgehead atoms. The molecule has 0 unspecified atom stereocenters. The van der Waals surface area contributed by atoms with Gasteiger partial charge in [-0.2, -0.15) is 4.37 Å². The van der Waals surface area contributed by atoms with E-state index in [0.717, 1.165) is 36.9 Å². The highest BCUT2D eigenvalue weighted by molar-refractivity contribution is 7.09. The summed E-state index contributed by atoms with van der Waals surface area (Å²) in [6, 6.07) is 0. The van der Waals surface area contributed by atoms with Gasteiger partial charge in [-0.15, -0.1) is 0 Å². The Morgan fingerprint density at radius 2 is 2.19 bits per heavy atom. The van der Waals surface area contributed by atoms with Gasteiger partial charge < -0.3 is 14.4 Å². The number of aryl methyl sites for hydroxylation is 1. The molecule has 2 saturated heterocycles. The van der Waals surface area contributed by atoms with Crippen molar-refractivity contribution in [3.63, 3.8) is 0 Å². The minimum atomic E-state index is -0.377. The van der Waals surface area contributed by atoms with Gasteiger partial charge in [-0.25, -0.2) is 4.98 Å². The van der Waals surface area contributed by atoms with Crippen molar-refractivity contribution in [1.29, 1.82) is 0 Å². The van der Waals surface area contributed by atoms with Crippen LogP contribution in [-0.2, 0) is 9.47 Å². The summed E-state index contributed by atoms with van der Waals surface area (Å²) in [7, 11) is 0. The Hall–Kier alpha value is -0.720. The molecule has 5 nitrogen and oxygen atoms in total. The van der Waals surface area contributed by atoms with Crippen molar-refractivity contribution in [3.05, 3.63) is 5.82 Å². The van der Waals surface area contributed by atoms with Gasteiger partial charge in [0.15, 0.2) is 5.79 Å². The SMILES string of the molecule is Cc1nsc(N2CCCC3(C2)OCCO3)n1. The van der Waals surface area contributed by atoms with Crippen LogP contribution in [0.5, 0.6) is 0 Å². The highest BCUT2D eigenvalue weighted by Gasteiger charge is 2.41. The van der Waals surface area contributed by atoms with Gasteiger partial charge in [-0.05, 0) is 13.3 Å². The molecule has 0 aromatic carbocycles. The maximum atomic E-state index is 5.73. The zero-order valence-electron chi connectivity index (χ0n) is 9.31. The van der Waals surface area contributed by atoms with E-state index >= 15 is 0 Å². The molecule has 1 aromatic heterocycles. The van der Waals surface area contributed by atoms with E-state index < -0.39 is 0 Å². The fourth-order valence-corrected chi connectivity index (χ4v) is 3.00. The van der Waals surface area contributed by atoms with Gasteiger partial charge in [0.05, 0.1) is 19.8 Å². The minimum Gasteiger partial charge on any atom is -0.346 e. The summed E-state index contributed by atoms with van der Waals surface area (Å²) in [6.45, 7) is 5.14. The third kappa shape index (κ3) is 1.81. The lowest BCUT2D eigenvalue weighted by molar-refractivity contribution is -0.161. The first-order valence-corrected chi connectivity index (χ1v) is 6.38. The van der Waals surface area contributed by atoms with Crippen molar-refractivity contribution in [3.8, 4) is 0 Å². The van der Waals surface area contributed by atoms with E-state index in [9.17, 15) is 0 Å². The van der Waals surface area contributed by atoms with Crippen LogP contribution in [0.2, 0.25) is 0 Å². The predicted octanol–water partition coefficient (Wildman–Crippen LogP) is 1.19. The van der Waals surface area contributed by atoms with E-state index in [2.05, 4.69) is 14.3 Å². The van der Waals surface area contributed by atoms with Gasteiger partial charge in [0.1, 0.15) is 5.82 Å². The maximum absolute atomic E-state index is 5.73. The van der Waals surface area contributed by atoms with Crippen LogP contribution in [0, 0.1) is 6.92 Å². The van der Waals surface area contributed by atoms with Gasteiger partial charge in [0, 0.05) is 24.5 Å². The van der Waals surface area contributed by atoms with Crippen molar-refractivity contribution in [1.82, 2.24) is 9.36 Å². The molecule has 0 saturated carbocycles. The molecule has 0 radical (unpaired) electrons. The van der Waals surface area contributed by atoms with E-state index in [1.54, 1.807) is 0 Å². The fraction of sp³-hybridized carbons (Fsp3) is 0.800. The van der Waals surface area contributed by atoms with Crippen LogP contribution >= 0.6 is 11.5 Å². The molecule has 0 atom stereocenters. The first-order chi connectivity index (χ1) is 7.77. The van der Waals surface area contributed by atoms with Gasteiger partial charge >= 0.3 is 0 Å². The molecule has 1 spiro atoms. The largest absolute Gasteiger partial charge is 0.346 e. The smallest absolute Gasteiger partial charge is 0.205 e. The molecule has 2 fully saturated rings. The van der Waals surface area contributed by atoms with Crippen molar-refractivity contribution < 1.29 is 9.47 Å². The fourth-order valence-electron chi connectivity index (χ4n) is 2.30. The molecule has 3 rings (SSSR count). The van der Waals surface area contributed by atoms with Crippen LogP contribution in [0.3, 0.4) is 0 Å². The molecule has 1 aromatic rings. The van der Waals surface area contributed by atoms with Gasteiger partial charge in [-0.3, -0.25) is 0 Å². The Morgan fingerprint density at radius 3 is 2.88 bits per heavy atom. The Morgan fingerprint density at radius 1 is 1.38 bits per heavy atom. The van der Waals surface area contributed by atoms with Gasteiger partial charge in [0.2, 0.25) is 5.13 Å². The molecule has 0 N–H and O–H groups in total. The van der Waals surface area contributed by atoms with Crippen molar-refractivity contribution in [2.75, 3.05) is 31.2 Å². The summed E-state index contributed by atoms with van der Waals surface area (Å²) in [5.74, 6) is 0.463. The maximum Gasteiger partial charge on any atom is 0.205 e. The zero-order chi connectivity index (χ0) is 11.0. The molecule has 6 heteroatoms. The van der Waals surface area contributed by atoms with Crippen LogP contribution in [0.25, 0.3) is 0 Å². The summed E-state index contributed by atoms with van der Waals surface area (Å²) >= 11 is 1.45. The van der Waals surface area contributed by atoms with Crippen LogP contribution in [0.15, 0.2) is 0 Å². The number of rotatable bonds is 1. The van der Waals surface area contributed by atoms with Crippen LogP contribution in [0.4, 0.5) is 5.13 Å². The average Bonchev–Trinajstić information content (AvgIpc) is 2.89. The quantitative estimate of drug-likeness (QED) is 0.739. The summed E-state index contributed by atoms with van der Waals surface area (Å²) < 4.78 is 15.7. The second-order valence-corrected chi connectivity index (χ2v) is 4.99. The number of hydrogen-bond donors (Lipinski definition) is 0. The standard InChI is InChI=1S/C10H15N3O2S/c1-8-11-9(16-12-8)13-4-2-3-10(7-13)14-5-6-15-10/h2-7H2,1H3. The zero-order valence-corrected chi connectivity index (χ0v) is 10.1. The summed E-state index contributed by atoms with van der Waals surface area (Å²) in [5, 5.41) is 0.982. The second-order valence-electron chi connectivity index (χ2n) is 4.26. The van der Waals surface area contributed by atoms with Gasteiger partial charge in [0.25, 0.3) is 0 Å². The number of piperidine rings is 1. The number of aromatic nitrogens is 2. The number of ether oxygens (including phenoxy) is 2. The molecule has 3 heterocycles.